The predicted molar refractivity (Wildman–Crippen MR) is 75.0 cm³/mol. The van der Waals surface area contributed by atoms with Crippen LogP contribution in [0.1, 0.15) is 64.2 Å². The first kappa shape index (κ1) is 12.8. The molecule has 1 fully saturated rings. The van der Waals surface area contributed by atoms with Crippen LogP contribution in [0.3, 0.4) is 0 Å². The highest BCUT2D eigenvalue weighted by Crippen LogP contribution is 2.29. The molecule has 2 unspecified atom stereocenters. The van der Waals surface area contributed by atoms with Crippen molar-refractivity contribution in [1.29, 1.82) is 0 Å². The van der Waals surface area contributed by atoms with Gasteiger partial charge in [0, 0.05) is 12.8 Å². The number of nitrogens with zero attached hydrogens (tertiary/aromatic N) is 2. The van der Waals surface area contributed by atoms with Gasteiger partial charge < -0.3 is 0 Å². The second-order valence-electron chi connectivity index (χ2n) is 5.62. The molecule has 0 aromatic carbocycles. The van der Waals surface area contributed by atoms with Crippen LogP contribution in [0, 0.1) is 11.8 Å². The highest BCUT2D eigenvalue weighted by atomic mass is 14.9. The van der Waals surface area contributed by atoms with Crippen LogP contribution in [0.25, 0.3) is 0 Å². The van der Waals surface area contributed by atoms with Crippen molar-refractivity contribution in [2.45, 2.75) is 64.2 Å². The monoisotopic (exact) mass is 234 g/mol. The molecule has 1 heterocycles. The Morgan fingerprint density at radius 3 is 2.18 bits per heavy atom. The summed E-state index contributed by atoms with van der Waals surface area (Å²) in [5.41, 5.74) is 0. The molecule has 1 aliphatic heterocycles. The summed E-state index contributed by atoms with van der Waals surface area (Å²) in [5.74, 6) is 1.66. The number of hydrogen-bond donors (Lipinski definition) is 0. The average Bonchev–Trinajstić information content (AvgIpc) is 2.35. The fraction of sp³-hybridized carbons (Fsp3) is 0.867. The van der Waals surface area contributed by atoms with Gasteiger partial charge in [-0.1, -0.05) is 44.9 Å². The lowest BCUT2D eigenvalue weighted by atomic mass is 9.82. The molecule has 0 aromatic rings. The van der Waals surface area contributed by atoms with E-state index >= 15 is 0 Å². The van der Waals surface area contributed by atoms with Crippen molar-refractivity contribution in [3.05, 3.63) is 0 Å². The number of rotatable bonds is 0. The zero-order chi connectivity index (χ0) is 11.8. The maximum Gasteiger partial charge on any atom is 0.109 e. The maximum absolute atomic E-state index is 4.44. The molecule has 0 N–H and O–H groups in total. The smallest absolute Gasteiger partial charge is 0.109 e. The van der Waals surface area contributed by atoms with E-state index in [0.29, 0.717) is 0 Å². The summed E-state index contributed by atoms with van der Waals surface area (Å²) >= 11 is 0. The van der Waals surface area contributed by atoms with Crippen LogP contribution in [0.5, 0.6) is 0 Å². The zero-order valence-electron chi connectivity index (χ0n) is 11.0. The number of fused-ring (bicyclic) bond motifs is 1. The third-order valence-electron chi connectivity index (χ3n) is 4.32. The van der Waals surface area contributed by atoms with Gasteiger partial charge in [0.05, 0.1) is 0 Å². The lowest BCUT2D eigenvalue weighted by molar-refractivity contribution is 0.298. The van der Waals surface area contributed by atoms with Crippen LogP contribution in [0.15, 0.2) is 9.98 Å². The Morgan fingerprint density at radius 1 is 0.765 bits per heavy atom. The molecule has 2 atom stereocenters. The summed E-state index contributed by atoms with van der Waals surface area (Å²) in [6.45, 7) is 1.02. The van der Waals surface area contributed by atoms with Gasteiger partial charge in [-0.2, -0.15) is 0 Å². The van der Waals surface area contributed by atoms with E-state index in [-0.39, 0.29) is 0 Å². The van der Waals surface area contributed by atoms with Crippen molar-refractivity contribution >= 4 is 12.6 Å². The Bertz CT molecular complexity index is 232. The molecule has 2 nitrogen and oxygen atoms in total. The van der Waals surface area contributed by atoms with Crippen LogP contribution in [0.4, 0.5) is 0 Å². The summed E-state index contributed by atoms with van der Waals surface area (Å²) in [6.07, 6.45) is 17.8. The summed E-state index contributed by atoms with van der Waals surface area (Å²) in [4.78, 5) is 8.66. The van der Waals surface area contributed by atoms with E-state index in [9.17, 15) is 0 Å². The van der Waals surface area contributed by atoms with Gasteiger partial charge >= 0.3 is 0 Å². The molecule has 2 aliphatic rings. The summed E-state index contributed by atoms with van der Waals surface area (Å²) < 4.78 is 0. The number of hydrogen-bond acceptors (Lipinski definition) is 2. The van der Waals surface area contributed by atoms with Gasteiger partial charge in [0.15, 0.2) is 0 Å². The summed E-state index contributed by atoms with van der Waals surface area (Å²) in [5, 5.41) is 0. The van der Waals surface area contributed by atoms with Crippen molar-refractivity contribution in [1.82, 2.24) is 0 Å². The minimum Gasteiger partial charge on any atom is -0.273 e. The van der Waals surface area contributed by atoms with Crippen molar-refractivity contribution in [2.24, 2.45) is 21.8 Å². The van der Waals surface area contributed by atoms with Crippen LogP contribution in [-0.4, -0.2) is 19.1 Å². The molecular weight excluding hydrogens is 208 g/mol. The van der Waals surface area contributed by atoms with Crippen molar-refractivity contribution in [3.63, 3.8) is 0 Å². The molecule has 0 saturated heterocycles. The molecule has 0 bridgehead atoms. The summed E-state index contributed by atoms with van der Waals surface area (Å²) in [6, 6.07) is 0. The minimum atomic E-state index is 0.816. The maximum atomic E-state index is 4.44. The van der Waals surface area contributed by atoms with Gasteiger partial charge in [0.25, 0.3) is 0 Å². The van der Waals surface area contributed by atoms with Crippen molar-refractivity contribution in [2.75, 3.05) is 6.54 Å². The third kappa shape index (κ3) is 4.61. The molecule has 2 rings (SSSR count). The Kier molecular flexibility index (Phi) is 5.74. The lowest BCUT2D eigenvalue weighted by Gasteiger charge is -2.25. The Hall–Kier alpha value is -0.660. The molecule has 17 heavy (non-hydrogen) atoms. The molecule has 0 radical (unpaired) electrons. The third-order valence-corrected chi connectivity index (χ3v) is 4.32. The standard InChI is InChI=1S/C15H26N2/c1-2-4-6-8-14-10-11-16-13-17-12-15(14)9-7-5-3-1/h11,13-15H,1-10,12H2. The molecule has 0 spiro atoms. The van der Waals surface area contributed by atoms with Crippen molar-refractivity contribution in [3.8, 4) is 0 Å². The first-order valence-electron chi connectivity index (χ1n) is 7.47. The molecular formula is C15H26N2. The van der Waals surface area contributed by atoms with Crippen LogP contribution in [0.2, 0.25) is 0 Å². The van der Waals surface area contributed by atoms with E-state index in [4.69, 9.17) is 0 Å². The Morgan fingerprint density at radius 2 is 1.41 bits per heavy atom. The Balaban J connectivity index is 1.93. The highest BCUT2D eigenvalue weighted by molar-refractivity contribution is 5.72. The van der Waals surface area contributed by atoms with E-state index in [2.05, 4.69) is 16.2 Å². The molecule has 1 aliphatic carbocycles. The molecule has 0 amide bonds. The molecule has 0 aromatic heterocycles. The second kappa shape index (κ2) is 7.62. The fourth-order valence-electron chi connectivity index (χ4n) is 3.19. The molecule has 96 valence electrons. The first-order chi connectivity index (χ1) is 8.47. The van der Waals surface area contributed by atoms with Crippen molar-refractivity contribution < 1.29 is 0 Å². The topological polar surface area (TPSA) is 24.7 Å². The highest BCUT2D eigenvalue weighted by Gasteiger charge is 2.20. The van der Waals surface area contributed by atoms with Gasteiger partial charge in [0.1, 0.15) is 6.34 Å². The van der Waals surface area contributed by atoms with E-state index < -0.39 is 0 Å². The van der Waals surface area contributed by atoms with Crippen LogP contribution >= 0.6 is 0 Å². The largest absolute Gasteiger partial charge is 0.273 e. The summed E-state index contributed by atoms with van der Waals surface area (Å²) in [7, 11) is 0. The van der Waals surface area contributed by atoms with Gasteiger partial charge in [-0.3, -0.25) is 4.99 Å². The van der Waals surface area contributed by atoms with E-state index in [1.165, 1.54) is 64.2 Å². The quantitative estimate of drug-likeness (QED) is 0.599. The minimum absolute atomic E-state index is 0.816. The fourth-order valence-corrected chi connectivity index (χ4v) is 3.19. The number of aliphatic imine (C=N–C) groups is 2. The lowest BCUT2D eigenvalue weighted by Crippen LogP contribution is -2.20. The van der Waals surface area contributed by atoms with Gasteiger partial charge in [0.2, 0.25) is 0 Å². The van der Waals surface area contributed by atoms with E-state index in [1.54, 1.807) is 6.34 Å². The molecule has 2 heteroatoms. The van der Waals surface area contributed by atoms with Crippen LogP contribution < -0.4 is 0 Å². The zero-order valence-corrected chi connectivity index (χ0v) is 11.0. The van der Waals surface area contributed by atoms with Crippen LogP contribution in [-0.2, 0) is 0 Å². The first-order valence-corrected chi connectivity index (χ1v) is 7.47. The van der Waals surface area contributed by atoms with Gasteiger partial charge in [-0.25, -0.2) is 4.99 Å². The second-order valence-corrected chi connectivity index (χ2v) is 5.62. The van der Waals surface area contributed by atoms with Gasteiger partial charge in [-0.05, 0) is 31.1 Å². The Labute approximate surface area is 106 Å². The van der Waals surface area contributed by atoms with Gasteiger partial charge in [-0.15, -0.1) is 0 Å². The van der Waals surface area contributed by atoms with E-state index in [1.807, 2.05) is 0 Å². The average molecular weight is 234 g/mol. The van der Waals surface area contributed by atoms with E-state index in [0.717, 1.165) is 18.4 Å². The SMILES string of the molecule is C1=NC=NCC2CCCCCCCCCC2C1. The normalized spacial score (nSPS) is 32.0. The molecule has 1 saturated carbocycles. The predicted octanol–water partition coefficient (Wildman–Crippen LogP) is 4.25.